The van der Waals surface area contributed by atoms with Crippen LogP contribution in [0.3, 0.4) is 0 Å². The van der Waals surface area contributed by atoms with E-state index in [2.05, 4.69) is 19.1 Å². The lowest BCUT2D eigenvalue weighted by Gasteiger charge is -2.60. The zero-order valence-corrected chi connectivity index (χ0v) is 16.0. The molecule has 0 heterocycles. The topological polar surface area (TPSA) is 52.6 Å². The molecule has 3 aliphatic rings. The van der Waals surface area contributed by atoms with Crippen molar-refractivity contribution >= 4 is 11.8 Å². The number of benzene rings is 1. The number of rotatable bonds is 2. The summed E-state index contributed by atoms with van der Waals surface area (Å²) in [5.74, 6) is 1.85. The number of Topliss-reactive ketones (excluding diaryl/α,β-unsaturated/α-hetero) is 1. The minimum Gasteiger partial charge on any atom is -0.496 e. The van der Waals surface area contributed by atoms with Crippen LogP contribution in [0.5, 0.6) is 5.75 Å². The minimum atomic E-state index is -0.619. The van der Waals surface area contributed by atoms with E-state index in [4.69, 9.17) is 9.47 Å². The summed E-state index contributed by atoms with van der Waals surface area (Å²) in [7, 11) is 1.74. The highest BCUT2D eigenvalue weighted by atomic mass is 16.6. The van der Waals surface area contributed by atoms with Gasteiger partial charge in [0.1, 0.15) is 17.1 Å². The van der Waals surface area contributed by atoms with Crippen LogP contribution < -0.4 is 4.74 Å². The summed E-state index contributed by atoms with van der Waals surface area (Å²) in [4.78, 5) is 24.2. The molecule has 0 saturated heterocycles. The van der Waals surface area contributed by atoms with Gasteiger partial charge in [0, 0.05) is 25.2 Å². The monoisotopic (exact) mass is 356 g/mol. The molecule has 0 N–H and O–H groups in total. The van der Waals surface area contributed by atoms with E-state index in [1.54, 1.807) is 7.11 Å². The summed E-state index contributed by atoms with van der Waals surface area (Å²) < 4.78 is 11.6. The van der Waals surface area contributed by atoms with Crippen molar-refractivity contribution in [2.24, 2.45) is 11.3 Å². The van der Waals surface area contributed by atoms with Crippen molar-refractivity contribution in [1.29, 1.82) is 0 Å². The van der Waals surface area contributed by atoms with Crippen LogP contribution in [0.25, 0.3) is 0 Å². The largest absolute Gasteiger partial charge is 0.496 e. The van der Waals surface area contributed by atoms with Gasteiger partial charge in [-0.05, 0) is 61.1 Å². The Bertz CT molecular complexity index is 751. The van der Waals surface area contributed by atoms with Gasteiger partial charge in [-0.3, -0.25) is 9.59 Å². The van der Waals surface area contributed by atoms with Crippen molar-refractivity contribution in [2.45, 2.75) is 70.3 Å². The SMILES string of the molecule is COc1cccc2c1CC[C@H]1[C@H]2CC[C@]2(OC(C)=O)CC(=O)CC[C@@]12C. The first-order chi connectivity index (χ1) is 12.4. The Balaban J connectivity index is 1.77. The predicted molar refractivity (Wildman–Crippen MR) is 98.2 cm³/mol. The number of hydrogen-bond acceptors (Lipinski definition) is 4. The van der Waals surface area contributed by atoms with E-state index >= 15 is 0 Å². The highest BCUT2D eigenvalue weighted by molar-refractivity contribution is 5.81. The third-order valence-electron chi connectivity index (χ3n) is 7.44. The number of esters is 1. The first kappa shape index (κ1) is 17.6. The van der Waals surface area contributed by atoms with Crippen molar-refractivity contribution in [3.8, 4) is 5.75 Å². The molecule has 0 aliphatic heterocycles. The van der Waals surface area contributed by atoms with E-state index in [1.807, 2.05) is 6.07 Å². The fourth-order valence-corrected chi connectivity index (χ4v) is 6.23. The van der Waals surface area contributed by atoms with Crippen LogP contribution in [-0.2, 0) is 20.7 Å². The fourth-order valence-electron chi connectivity index (χ4n) is 6.23. The first-order valence-corrected chi connectivity index (χ1v) is 9.77. The maximum absolute atomic E-state index is 12.3. The van der Waals surface area contributed by atoms with E-state index in [9.17, 15) is 9.59 Å². The quantitative estimate of drug-likeness (QED) is 0.746. The lowest BCUT2D eigenvalue weighted by molar-refractivity contribution is -0.206. The third-order valence-corrected chi connectivity index (χ3v) is 7.44. The van der Waals surface area contributed by atoms with Gasteiger partial charge in [-0.25, -0.2) is 0 Å². The Hall–Kier alpha value is -1.84. The molecule has 4 heteroatoms. The Morgan fingerprint density at radius 3 is 2.73 bits per heavy atom. The number of fused-ring (bicyclic) bond motifs is 5. The number of carbonyl (C=O) groups is 2. The normalized spacial score (nSPS) is 35.7. The second kappa shape index (κ2) is 6.11. The van der Waals surface area contributed by atoms with E-state index in [1.165, 1.54) is 18.1 Å². The summed E-state index contributed by atoms with van der Waals surface area (Å²) in [6, 6.07) is 6.37. The van der Waals surface area contributed by atoms with Crippen molar-refractivity contribution in [3.63, 3.8) is 0 Å². The molecule has 2 saturated carbocycles. The van der Waals surface area contributed by atoms with Gasteiger partial charge < -0.3 is 9.47 Å². The van der Waals surface area contributed by atoms with Gasteiger partial charge in [-0.1, -0.05) is 19.1 Å². The average Bonchev–Trinajstić information content (AvgIpc) is 2.61. The summed E-state index contributed by atoms with van der Waals surface area (Å²) >= 11 is 0. The minimum absolute atomic E-state index is 0.143. The van der Waals surface area contributed by atoms with Gasteiger partial charge in [0.05, 0.1) is 7.11 Å². The molecule has 4 nitrogen and oxygen atoms in total. The summed E-state index contributed by atoms with van der Waals surface area (Å²) in [5, 5.41) is 0. The molecular formula is C22H28O4. The van der Waals surface area contributed by atoms with Gasteiger partial charge >= 0.3 is 5.97 Å². The zero-order valence-electron chi connectivity index (χ0n) is 16.0. The molecule has 0 amide bonds. The summed E-state index contributed by atoms with van der Waals surface area (Å²) in [5.41, 5.74) is 1.98. The Morgan fingerprint density at radius 2 is 2.00 bits per heavy atom. The maximum atomic E-state index is 12.3. The Morgan fingerprint density at radius 1 is 1.19 bits per heavy atom. The smallest absolute Gasteiger partial charge is 0.303 e. The van der Waals surface area contributed by atoms with E-state index < -0.39 is 5.60 Å². The van der Waals surface area contributed by atoms with Crippen LogP contribution >= 0.6 is 0 Å². The summed E-state index contributed by atoms with van der Waals surface area (Å²) in [6.45, 7) is 3.74. The van der Waals surface area contributed by atoms with Crippen molar-refractivity contribution in [2.75, 3.05) is 7.11 Å². The molecule has 1 aromatic carbocycles. The average molecular weight is 356 g/mol. The lowest BCUT2D eigenvalue weighted by Crippen LogP contribution is -2.61. The highest BCUT2D eigenvalue weighted by Gasteiger charge is 2.62. The number of ether oxygens (including phenoxy) is 2. The van der Waals surface area contributed by atoms with Crippen LogP contribution in [0.1, 0.15) is 69.4 Å². The molecule has 2 fully saturated rings. The molecule has 4 rings (SSSR count). The summed E-state index contributed by atoms with van der Waals surface area (Å²) in [6.07, 6.45) is 5.59. The van der Waals surface area contributed by atoms with Crippen molar-refractivity contribution < 1.29 is 19.1 Å². The van der Waals surface area contributed by atoms with E-state index in [-0.39, 0.29) is 17.2 Å². The number of methoxy groups -OCH3 is 1. The van der Waals surface area contributed by atoms with E-state index in [0.29, 0.717) is 24.7 Å². The standard InChI is InChI=1S/C22H28O4/c1-14(23)26-22-12-10-17-16-5-4-6-20(25-3)18(16)7-8-19(17)21(22,2)11-9-15(24)13-22/h4-6,17,19H,7-13H2,1-3H3/t17-,19-,21-,22-/m0/s1. The van der Waals surface area contributed by atoms with Gasteiger partial charge in [0.25, 0.3) is 0 Å². The zero-order chi connectivity index (χ0) is 18.5. The van der Waals surface area contributed by atoms with Crippen LogP contribution in [0, 0.1) is 11.3 Å². The lowest BCUT2D eigenvalue weighted by atomic mass is 9.47. The predicted octanol–water partition coefficient (Wildman–Crippen LogP) is 4.20. The van der Waals surface area contributed by atoms with Crippen LogP contribution in [0.2, 0.25) is 0 Å². The number of hydrogen-bond donors (Lipinski definition) is 0. The maximum Gasteiger partial charge on any atom is 0.303 e. The van der Waals surface area contributed by atoms with Gasteiger partial charge in [-0.15, -0.1) is 0 Å². The van der Waals surface area contributed by atoms with Crippen molar-refractivity contribution in [1.82, 2.24) is 0 Å². The van der Waals surface area contributed by atoms with Crippen molar-refractivity contribution in [3.05, 3.63) is 29.3 Å². The van der Waals surface area contributed by atoms with Crippen LogP contribution in [-0.4, -0.2) is 24.5 Å². The van der Waals surface area contributed by atoms with Gasteiger partial charge in [0.2, 0.25) is 0 Å². The van der Waals surface area contributed by atoms with Crippen LogP contribution in [0.15, 0.2) is 18.2 Å². The molecule has 26 heavy (non-hydrogen) atoms. The second-order valence-corrected chi connectivity index (χ2v) is 8.54. The molecule has 3 aliphatic carbocycles. The number of carbonyl (C=O) groups excluding carboxylic acids is 2. The van der Waals surface area contributed by atoms with Gasteiger partial charge in [-0.2, -0.15) is 0 Å². The van der Waals surface area contributed by atoms with Gasteiger partial charge in [0.15, 0.2) is 0 Å². The molecule has 0 bridgehead atoms. The molecule has 0 radical (unpaired) electrons. The molecule has 0 unspecified atom stereocenters. The third kappa shape index (κ3) is 2.41. The second-order valence-electron chi connectivity index (χ2n) is 8.54. The highest BCUT2D eigenvalue weighted by Crippen LogP contribution is 2.63. The molecule has 0 aromatic heterocycles. The molecule has 1 aromatic rings. The van der Waals surface area contributed by atoms with Crippen LogP contribution in [0.4, 0.5) is 0 Å². The number of ketones is 1. The molecule has 0 spiro atoms. The van der Waals surface area contributed by atoms with E-state index in [0.717, 1.165) is 37.9 Å². The molecule has 140 valence electrons. The Labute approximate surface area is 155 Å². The molecule has 4 atom stereocenters. The fraction of sp³-hybridized carbons (Fsp3) is 0.636. The first-order valence-electron chi connectivity index (χ1n) is 9.77. The molecular weight excluding hydrogens is 328 g/mol. The Kier molecular flexibility index (Phi) is 4.13.